The van der Waals surface area contributed by atoms with Crippen LogP contribution in [0.15, 0.2) is 0 Å². The van der Waals surface area contributed by atoms with Crippen molar-refractivity contribution in [3.8, 4) is 0 Å². The van der Waals surface area contributed by atoms with E-state index >= 15 is 0 Å². The summed E-state index contributed by atoms with van der Waals surface area (Å²) in [5.41, 5.74) is 0. The molecular weight excluding hydrogens is 186 g/mol. The zero-order valence-electron chi connectivity index (χ0n) is 8.67. The smallest absolute Gasteiger partial charge is 0.106 e. The standard InChI is InChI=1S/C7H17NS.2CH2O/c1-3-6-9-7-5-8-4-2;2*1-2/h8H,3-7H2,1-2H3;2*1H2. The highest BCUT2D eigenvalue weighted by molar-refractivity contribution is 7.99. The fourth-order valence-corrected chi connectivity index (χ4v) is 1.35. The molecule has 1 N–H and O–H groups in total. The van der Waals surface area contributed by atoms with E-state index in [0.717, 1.165) is 6.54 Å². The Kier molecular flexibility index (Phi) is 42.4. The second kappa shape index (κ2) is 29.9. The van der Waals surface area contributed by atoms with Gasteiger partial charge in [-0.15, -0.1) is 0 Å². The van der Waals surface area contributed by atoms with E-state index in [4.69, 9.17) is 9.59 Å². The van der Waals surface area contributed by atoms with Gasteiger partial charge in [0.25, 0.3) is 0 Å². The van der Waals surface area contributed by atoms with E-state index < -0.39 is 0 Å². The quantitative estimate of drug-likeness (QED) is 0.668. The summed E-state index contributed by atoms with van der Waals surface area (Å²) in [4.78, 5) is 16.0. The second-order valence-corrected chi connectivity index (χ2v) is 3.19. The zero-order valence-corrected chi connectivity index (χ0v) is 9.49. The SMILES string of the molecule is C=O.C=O.CCCSCCNCC. The molecule has 0 saturated heterocycles. The van der Waals surface area contributed by atoms with E-state index in [9.17, 15) is 0 Å². The van der Waals surface area contributed by atoms with E-state index in [1.807, 2.05) is 25.3 Å². The Hall–Kier alpha value is -0.350. The van der Waals surface area contributed by atoms with Crippen LogP contribution in [0.2, 0.25) is 0 Å². The van der Waals surface area contributed by atoms with Crippen molar-refractivity contribution in [2.45, 2.75) is 20.3 Å². The summed E-state index contributed by atoms with van der Waals surface area (Å²) in [6, 6.07) is 0. The Morgan fingerprint density at radius 1 is 1.08 bits per heavy atom. The number of carbonyl (C=O) groups excluding carboxylic acids is 2. The van der Waals surface area contributed by atoms with Gasteiger partial charge in [-0.2, -0.15) is 11.8 Å². The van der Waals surface area contributed by atoms with Crippen molar-refractivity contribution in [3.05, 3.63) is 0 Å². The third-order valence-electron chi connectivity index (χ3n) is 1.02. The predicted octanol–water partition coefficient (Wildman–Crippen LogP) is 1.37. The number of carbonyl (C=O) groups is 2. The first-order valence-electron chi connectivity index (χ1n) is 4.28. The molecule has 0 aromatic carbocycles. The van der Waals surface area contributed by atoms with Crippen LogP contribution in [0.25, 0.3) is 0 Å². The van der Waals surface area contributed by atoms with Crippen LogP contribution in [0.5, 0.6) is 0 Å². The van der Waals surface area contributed by atoms with Gasteiger partial charge in [0.05, 0.1) is 0 Å². The van der Waals surface area contributed by atoms with Gasteiger partial charge in [0, 0.05) is 12.3 Å². The third-order valence-corrected chi connectivity index (χ3v) is 2.21. The summed E-state index contributed by atoms with van der Waals surface area (Å²) >= 11 is 2.03. The highest BCUT2D eigenvalue weighted by atomic mass is 32.2. The molecule has 0 spiro atoms. The highest BCUT2D eigenvalue weighted by Gasteiger charge is 1.84. The van der Waals surface area contributed by atoms with Gasteiger partial charge in [0.2, 0.25) is 0 Å². The van der Waals surface area contributed by atoms with Crippen molar-refractivity contribution in [2.24, 2.45) is 0 Å². The molecule has 0 atom stereocenters. The molecule has 0 amide bonds. The number of hydrogen-bond acceptors (Lipinski definition) is 4. The van der Waals surface area contributed by atoms with Gasteiger partial charge in [0.15, 0.2) is 0 Å². The van der Waals surface area contributed by atoms with Crippen LogP contribution in [0.3, 0.4) is 0 Å². The van der Waals surface area contributed by atoms with Gasteiger partial charge >= 0.3 is 0 Å². The average molecular weight is 207 g/mol. The summed E-state index contributed by atoms with van der Waals surface area (Å²) in [6.45, 7) is 10.6. The fraction of sp³-hybridized carbons (Fsp3) is 0.778. The molecule has 13 heavy (non-hydrogen) atoms. The van der Waals surface area contributed by atoms with Crippen LogP contribution in [-0.2, 0) is 9.59 Å². The van der Waals surface area contributed by atoms with E-state index in [0.29, 0.717) is 0 Å². The maximum atomic E-state index is 8.00. The Bertz CT molecular complexity index is 66.6. The van der Waals surface area contributed by atoms with Crippen molar-refractivity contribution in [1.82, 2.24) is 5.32 Å². The minimum absolute atomic E-state index is 1.10. The molecule has 0 fully saturated rings. The van der Waals surface area contributed by atoms with Crippen LogP contribution in [0.1, 0.15) is 20.3 Å². The van der Waals surface area contributed by atoms with Gasteiger partial charge in [-0.3, -0.25) is 0 Å². The van der Waals surface area contributed by atoms with Crippen molar-refractivity contribution in [3.63, 3.8) is 0 Å². The minimum atomic E-state index is 1.10. The van der Waals surface area contributed by atoms with Gasteiger partial charge in [-0.25, -0.2) is 0 Å². The lowest BCUT2D eigenvalue weighted by Gasteiger charge is -1.98. The predicted molar refractivity (Wildman–Crippen MR) is 60.4 cm³/mol. The lowest BCUT2D eigenvalue weighted by atomic mass is 10.6. The van der Waals surface area contributed by atoms with Crippen molar-refractivity contribution in [2.75, 3.05) is 24.6 Å². The topological polar surface area (TPSA) is 46.2 Å². The van der Waals surface area contributed by atoms with Crippen molar-refractivity contribution in [1.29, 1.82) is 0 Å². The molecule has 0 aliphatic rings. The molecule has 0 heterocycles. The highest BCUT2D eigenvalue weighted by Crippen LogP contribution is 1.99. The van der Waals surface area contributed by atoms with E-state index in [1.165, 1.54) is 24.5 Å². The Labute approximate surface area is 85.7 Å². The van der Waals surface area contributed by atoms with E-state index in [-0.39, 0.29) is 0 Å². The minimum Gasteiger partial charge on any atom is -0.316 e. The Morgan fingerprint density at radius 3 is 2.00 bits per heavy atom. The lowest BCUT2D eigenvalue weighted by Crippen LogP contribution is -2.15. The van der Waals surface area contributed by atoms with Gasteiger partial charge in [-0.1, -0.05) is 13.8 Å². The summed E-state index contributed by atoms with van der Waals surface area (Å²) in [5, 5.41) is 3.29. The first-order chi connectivity index (χ1) is 6.41. The maximum absolute atomic E-state index is 8.00. The number of thioether (sulfide) groups is 1. The molecule has 0 aliphatic heterocycles. The Morgan fingerprint density at radius 2 is 1.62 bits per heavy atom. The molecule has 0 radical (unpaired) electrons. The van der Waals surface area contributed by atoms with Gasteiger partial charge in [0.1, 0.15) is 13.6 Å². The van der Waals surface area contributed by atoms with Crippen LogP contribution < -0.4 is 5.32 Å². The normalized spacial score (nSPS) is 7.54. The molecule has 0 aromatic rings. The summed E-state index contributed by atoms with van der Waals surface area (Å²) in [6.07, 6.45) is 1.30. The van der Waals surface area contributed by atoms with Crippen LogP contribution in [0.4, 0.5) is 0 Å². The molecule has 0 bridgehead atoms. The molecule has 4 heteroatoms. The first-order valence-corrected chi connectivity index (χ1v) is 5.43. The molecular formula is C9H21NO2S. The summed E-state index contributed by atoms with van der Waals surface area (Å²) < 4.78 is 0. The second-order valence-electron chi connectivity index (χ2n) is 1.97. The fourth-order valence-electron chi connectivity index (χ4n) is 0.568. The van der Waals surface area contributed by atoms with Crippen LogP contribution >= 0.6 is 11.8 Å². The van der Waals surface area contributed by atoms with Gasteiger partial charge in [-0.05, 0) is 18.7 Å². The summed E-state index contributed by atoms with van der Waals surface area (Å²) in [7, 11) is 0. The van der Waals surface area contributed by atoms with Crippen LogP contribution in [0, 0.1) is 0 Å². The van der Waals surface area contributed by atoms with E-state index in [2.05, 4.69) is 19.2 Å². The van der Waals surface area contributed by atoms with Crippen molar-refractivity contribution >= 4 is 25.3 Å². The maximum Gasteiger partial charge on any atom is 0.106 e. The molecule has 0 unspecified atom stereocenters. The number of nitrogens with one attached hydrogen (secondary N) is 1. The van der Waals surface area contributed by atoms with Crippen molar-refractivity contribution < 1.29 is 9.59 Å². The Balaban J connectivity index is -0.000000218. The largest absolute Gasteiger partial charge is 0.316 e. The number of rotatable bonds is 6. The van der Waals surface area contributed by atoms with Crippen LogP contribution in [-0.4, -0.2) is 38.2 Å². The van der Waals surface area contributed by atoms with E-state index in [1.54, 1.807) is 0 Å². The summed E-state index contributed by atoms with van der Waals surface area (Å²) in [5.74, 6) is 2.58. The third kappa shape index (κ3) is 34.0. The monoisotopic (exact) mass is 207 g/mol. The average Bonchev–Trinajstić information content (AvgIpc) is 2.24. The first kappa shape index (κ1) is 18.4. The molecule has 80 valence electrons. The number of hydrogen-bond donors (Lipinski definition) is 1. The molecule has 0 rings (SSSR count). The zero-order chi connectivity index (χ0) is 10.9. The lowest BCUT2D eigenvalue weighted by molar-refractivity contribution is -0.0987. The molecule has 0 aliphatic carbocycles. The van der Waals surface area contributed by atoms with Gasteiger partial charge < -0.3 is 14.9 Å². The molecule has 0 aromatic heterocycles. The molecule has 0 saturated carbocycles. The molecule has 3 nitrogen and oxygen atoms in total.